The second-order valence-corrected chi connectivity index (χ2v) is 4.48. The average Bonchev–Trinajstić information content (AvgIpc) is 2.87. The van der Waals surface area contributed by atoms with Gasteiger partial charge in [0.15, 0.2) is 0 Å². The Balaban J connectivity index is 2.61. The van der Waals surface area contributed by atoms with E-state index in [9.17, 15) is 9.59 Å². The third-order valence-electron chi connectivity index (χ3n) is 3.03. The number of likely N-dealkylation sites (N-methyl/N-ethyl adjacent to an activating group) is 1. The maximum absolute atomic E-state index is 12.2. The topological polar surface area (TPSA) is 71.6 Å². The number of hydrogen-bond donors (Lipinski definition) is 1. The van der Waals surface area contributed by atoms with E-state index < -0.39 is 11.7 Å². The van der Waals surface area contributed by atoms with E-state index in [2.05, 4.69) is 4.98 Å². The number of rotatable bonds is 4. The van der Waals surface area contributed by atoms with Crippen LogP contribution in [0, 0.1) is 0 Å². The molecule has 20 heavy (non-hydrogen) atoms. The highest BCUT2D eigenvalue weighted by Gasteiger charge is 2.23. The molecule has 0 atom stereocenters. The summed E-state index contributed by atoms with van der Waals surface area (Å²) in [5.41, 5.74) is 0.958. The van der Waals surface area contributed by atoms with Crippen LogP contribution in [0.25, 0.3) is 10.9 Å². The first-order valence-electron chi connectivity index (χ1n) is 5.98. The summed E-state index contributed by atoms with van der Waals surface area (Å²) < 4.78 is 10.4. The highest BCUT2D eigenvalue weighted by atomic mass is 16.5. The molecule has 1 amide bonds. The van der Waals surface area contributed by atoms with Crippen LogP contribution in [0.5, 0.6) is 11.5 Å². The third kappa shape index (κ3) is 2.20. The highest BCUT2D eigenvalue weighted by molar-refractivity contribution is 6.44. The molecule has 0 radical (unpaired) electrons. The zero-order valence-corrected chi connectivity index (χ0v) is 11.8. The first-order chi connectivity index (χ1) is 9.49. The molecular weight excluding hydrogens is 260 g/mol. The first-order valence-corrected chi connectivity index (χ1v) is 5.98. The van der Waals surface area contributed by atoms with Crippen LogP contribution in [0.2, 0.25) is 0 Å². The van der Waals surface area contributed by atoms with Gasteiger partial charge in [-0.05, 0) is 6.07 Å². The van der Waals surface area contributed by atoms with E-state index >= 15 is 0 Å². The van der Waals surface area contributed by atoms with Crippen molar-refractivity contribution < 1.29 is 19.1 Å². The number of Topliss-reactive ketones (excluding diaryl/α,β-unsaturated/α-hetero) is 1. The number of hydrogen-bond acceptors (Lipinski definition) is 4. The van der Waals surface area contributed by atoms with Crippen LogP contribution < -0.4 is 9.47 Å². The molecule has 1 heterocycles. The predicted molar refractivity (Wildman–Crippen MR) is 74.4 cm³/mol. The molecular formula is C14H16N2O4. The van der Waals surface area contributed by atoms with Crippen molar-refractivity contribution in [2.75, 3.05) is 28.3 Å². The Morgan fingerprint density at radius 3 is 2.40 bits per heavy atom. The quantitative estimate of drug-likeness (QED) is 0.678. The van der Waals surface area contributed by atoms with Crippen molar-refractivity contribution in [1.82, 2.24) is 9.88 Å². The fourth-order valence-electron chi connectivity index (χ4n) is 1.96. The molecule has 0 saturated heterocycles. The Bertz CT molecular complexity index is 673. The van der Waals surface area contributed by atoms with E-state index in [0.717, 1.165) is 0 Å². The van der Waals surface area contributed by atoms with Gasteiger partial charge < -0.3 is 19.4 Å². The minimum atomic E-state index is -0.576. The number of ketones is 1. The lowest BCUT2D eigenvalue weighted by atomic mass is 10.1. The zero-order chi connectivity index (χ0) is 14.9. The molecule has 0 saturated carbocycles. The monoisotopic (exact) mass is 276 g/mol. The molecule has 0 fully saturated rings. The number of carbonyl (C=O) groups excluding carboxylic acids is 2. The molecule has 1 aromatic carbocycles. The summed E-state index contributed by atoms with van der Waals surface area (Å²) in [6, 6.07) is 3.41. The molecule has 2 rings (SSSR count). The van der Waals surface area contributed by atoms with Gasteiger partial charge in [-0.1, -0.05) is 0 Å². The van der Waals surface area contributed by atoms with Gasteiger partial charge in [0.1, 0.15) is 11.5 Å². The molecule has 6 nitrogen and oxygen atoms in total. The Labute approximate surface area is 116 Å². The number of nitrogens with one attached hydrogen (secondary N) is 1. The number of benzene rings is 1. The van der Waals surface area contributed by atoms with E-state index in [1.54, 1.807) is 12.1 Å². The Morgan fingerprint density at radius 1 is 1.15 bits per heavy atom. The summed E-state index contributed by atoms with van der Waals surface area (Å²) in [4.78, 5) is 28.2. The maximum Gasteiger partial charge on any atom is 0.294 e. The second-order valence-electron chi connectivity index (χ2n) is 4.48. The predicted octanol–water partition coefficient (Wildman–Crippen LogP) is 1.46. The SMILES string of the molecule is COc1cc(OC)c2[nH]cc(C(=O)C(=O)N(C)C)c2c1. The number of aromatic nitrogens is 1. The number of ether oxygens (including phenoxy) is 2. The molecule has 0 spiro atoms. The van der Waals surface area contributed by atoms with Crippen LogP contribution in [0.15, 0.2) is 18.3 Å². The minimum absolute atomic E-state index is 0.302. The average molecular weight is 276 g/mol. The molecule has 0 aliphatic rings. The molecule has 1 aromatic heterocycles. The van der Waals surface area contributed by atoms with Gasteiger partial charge in [-0.3, -0.25) is 9.59 Å². The molecule has 106 valence electrons. The highest BCUT2D eigenvalue weighted by Crippen LogP contribution is 2.32. The van der Waals surface area contributed by atoms with Crippen molar-refractivity contribution in [1.29, 1.82) is 0 Å². The van der Waals surface area contributed by atoms with Crippen molar-refractivity contribution in [3.05, 3.63) is 23.9 Å². The Morgan fingerprint density at radius 2 is 1.85 bits per heavy atom. The van der Waals surface area contributed by atoms with E-state index in [-0.39, 0.29) is 0 Å². The lowest BCUT2D eigenvalue weighted by Gasteiger charge is -2.09. The van der Waals surface area contributed by atoms with Gasteiger partial charge in [-0.15, -0.1) is 0 Å². The van der Waals surface area contributed by atoms with Crippen LogP contribution in [0.4, 0.5) is 0 Å². The fraction of sp³-hybridized carbons (Fsp3) is 0.286. The summed E-state index contributed by atoms with van der Waals surface area (Å²) >= 11 is 0. The smallest absolute Gasteiger partial charge is 0.294 e. The summed E-state index contributed by atoms with van der Waals surface area (Å²) in [7, 11) is 6.13. The number of methoxy groups -OCH3 is 2. The summed E-state index contributed by atoms with van der Waals surface area (Å²) in [6.45, 7) is 0. The number of amides is 1. The second kappa shape index (κ2) is 5.24. The number of fused-ring (bicyclic) bond motifs is 1. The van der Waals surface area contributed by atoms with E-state index in [4.69, 9.17) is 9.47 Å². The number of carbonyl (C=O) groups is 2. The molecule has 0 aliphatic heterocycles. The summed E-state index contributed by atoms with van der Waals surface area (Å²) in [5, 5.41) is 0.599. The van der Waals surface area contributed by atoms with Gasteiger partial charge >= 0.3 is 0 Å². The fourth-order valence-corrected chi connectivity index (χ4v) is 1.96. The lowest BCUT2D eigenvalue weighted by molar-refractivity contribution is -0.124. The molecule has 1 N–H and O–H groups in total. The Hall–Kier alpha value is -2.50. The largest absolute Gasteiger partial charge is 0.497 e. The standard InChI is InChI=1S/C14H16N2O4/c1-16(2)14(18)13(17)10-7-15-12-9(10)5-8(19-3)6-11(12)20-4/h5-7,15H,1-4H3. The summed E-state index contributed by atoms with van der Waals surface area (Å²) in [5.74, 6) is -0.0414. The van der Waals surface area contributed by atoms with E-state index in [0.29, 0.717) is 28.0 Å². The Kier molecular flexibility index (Phi) is 3.65. The van der Waals surface area contributed by atoms with Gasteiger partial charge in [-0.2, -0.15) is 0 Å². The van der Waals surface area contributed by atoms with Crippen LogP contribution >= 0.6 is 0 Å². The summed E-state index contributed by atoms with van der Waals surface area (Å²) in [6.07, 6.45) is 1.51. The van der Waals surface area contributed by atoms with Gasteiger partial charge in [0, 0.05) is 31.7 Å². The van der Waals surface area contributed by atoms with Crippen LogP contribution in [-0.2, 0) is 4.79 Å². The molecule has 0 unspecified atom stereocenters. The molecule has 0 bridgehead atoms. The molecule has 0 aliphatic carbocycles. The molecule has 2 aromatic rings. The first kappa shape index (κ1) is 13.9. The van der Waals surface area contributed by atoms with Crippen molar-refractivity contribution in [3.8, 4) is 11.5 Å². The minimum Gasteiger partial charge on any atom is -0.497 e. The van der Waals surface area contributed by atoms with Crippen molar-refractivity contribution in [2.45, 2.75) is 0 Å². The van der Waals surface area contributed by atoms with E-state index in [1.807, 2.05) is 0 Å². The number of nitrogens with zero attached hydrogens (tertiary/aromatic N) is 1. The zero-order valence-electron chi connectivity index (χ0n) is 11.8. The normalized spacial score (nSPS) is 10.4. The number of aromatic amines is 1. The van der Waals surface area contributed by atoms with Crippen molar-refractivity contribution in [2.24, 2.45) is 0 Å². The van der Waals surface area contributed by atoms with Crippen LogP contribution in [0.1, 0.15) is 10.4 Å². The van der Waals surface area contributed by atoms with Gasteiger partial charge in [0.25, 0.3) is 11.7 Å². The third-order valence-corrected chi connectivity index (χ3v) is 3.03. The van der Waals surface area contributed by atoms with Gasteiger partial charge in [0.2, 0.25) is 0 Å². The van der Waals surface area contributed by atoms with Crippen molar-refractivity contribution in [3.63, 3.8) is 0 Å². The van der Waals surface area contributed by atoms with E-state index in [1.165, 1.54) is 39.4 Å². The maximum atomic E-state index is 12.2. The van der Waals surface area contributed by atoms with Crippen molar-refractivity contribution >= 4 is 22.6 Å². The molecule has 6 heteroatoms. The number of H-pyrrole nitrogens is 1. The van der Waals surface area contributed by atoms with Gasteiger partial charge in [0.05, 0.1) is 25.3 Å². The lowest BCUT2D eigenvalue weighted by Crippen LogP contribution is -2.29. The van der Waals surface area contributed by atoms with Crippen LogP contribution in [-0.4, -0.2) is 49.9 Å². The van der Waals surface area contributed by atoms with Gasteiger partial charge in [-0.25, -0.2) is 0 Å². The van der Waals surface area contributed by atoms with Crippen LogP contribution in [0.3, 0.4) is 0 Å².